The van der Waals surface area contributed by atoms with Crippen LogP contribution in [0.25, 0.3) is 0 Å². The normalized spacial score (nSPS) is 13.5. The zero-order valence-electron chi connectivity index (χ0n) is 10.7. The van der Waals surface area contributed by atoms with Crippen LogP contribution >= 0.6 is 11.3 Å². The number of nitro groups is 1. The summed E-state index contributed by atoms with van der Waals surface area (Å²) in [4.78, 5) is 10.2. The van der Waals surface area contributed by atoms with E-state index in [2.05, 4.69) is 5.32 Å². The van der Waals surface area contributed by atoms with E-state index in [0.717, 1.165) is 21.7 Å². The van der Waals surface area contributed by atoms with Crippen LogP contribution in [-0.2, 0) is 10.0 Å². The molecule has 2 N–H and O–H groups in total. The molecule has 10 heteroatoms. The van der Waals surface area contributed by atoms with Crippen molar-refractivity contribution in [3.05, 3.63) is 16.2 Å². The van der Waals surface area contributed by atoms with Crippen molar-refractivity contribution in [2.75, 3.05) is 26.0 Å². The molecule has 0 saturated heterocycles. The van der Waals surface area contributed by atoms with E-state index in [9.17, 15) is 18.5 Å². The van der Waals surface area contributed by atoms with Crippen molar-refractivity contribution < 1.29 is 18.4 Å². The van der Waals surface area contributed by atoms with Crippen molar-refractivity contribution in [1.82, 2.24) is 4.31 Å². The lowest BCUT2D eigenvalue weighted by molar-refractivity contribution is -0.383. The summed E-state index contributed by atoms with van der Waals surface area (Å²) in [7, 11) is -1.05. The average Bonchev–Trinajstić information content (AvgIpc) is 2.81. The molecule has 1 atom stereocenters. The van der Waals surface area contributed by atoms with Crippen LogP contribution in [-0.4, -0.2) is 49.5 Å². The lowest BCUT2D eigenvalue weighted by atomic mass is 10.4. The van der Waals surface area contributed by atoms with Crippen LogP contribution in [0.15, 0.2) is 10.3 Å². The predicted molar refractivity (Wildman–Crippen MR) is 72.0 cm³/mol. The van der Waals surface area contributed by atoms with Crippen LogP contribution in [0, 0.1) is 10.1 Å². The zero-order valence-corrected chi connectivity index (χ0v) is 12.3. The van der Waals surface area contributed by atoms with Crippen LogP contribution < -0.4 is 5.32 Å². The van der Waals surface area contributed by atoms with Gasteiger partial charge < -0.3 is 10.4 Å². The highest BCUT2D eigenvalue weighted by Gasteiger charge is 2.30. The average molecular weight is 309 g/mol. The monoisotopic (exact) mass is 309 g/mol. The molecule has 19 heavy (non-hydrogen) atoms. The maximum Gasteiger partial charge on any atom is 0.304 e. The number of rotatable bonds is 6. The Kier molecular flexibility index (Phi) is 4.85. The molecule has 0 aliphatic rings. The lowest BCUT2D eigenvalue weighted by Gasteiger charge is -2.21. The van der Waals surface area contributed by atoms with E-state index in [1.165, 1.54) is 14.1 Å². The molecule has 1 aromatic heterocycles. The van der Waals surface area contributed by atoms with Gasteiger partial charge in [-0.15, -0.1) is 0 Å². The number of nitrogens with zero attached hydrogens (tertiary/aromatic N) is 2. The van der Waals surface area contributed by atoms with Gasteiger partial charge in [-0.1, -0.05) is 11.3 Å². The summed E-state index contributed by atoms with van der Waals surface area (Å²) in [6, 6.07) is 0.413. The smallest absolute Gasteiger partial charge is 0.304 e. The maximum atomic E-state index is 12.2. The summed E-state index contributed by atoms with van der Waals surface area (Å²) in [6.45, 7) is 1.21. The Morgan fingerprint density at radius 3 is 2.58 bits per heavy atom. The van der Waals surface area contributed by atoms with Gasteiger partial charge in [0, 0.05) is 26.2 Å². The molecule has 1 rings (SSSR count). The number of likely N-dealkylation sites (N-methyl/N-ethyl adjacent to an activating group) is 1. The van der Waals surface area contributed by atoms with Gasteiger partial charge in [-0.05, 0) is 6.92 Å². The molecule has 0 bridgehead atoms. The second kappa shape index (κ2) is 5.82. The molecule has 0 amide bonds. The fraction of sp³-hybridized carbons (Fsp3) is 0.556. The Balaban J connectivity index is 3.26. The predicted octanol–water partition coefficient (Wildman–Crippen LogP) is 0.699. The number of hydrogen-bond donors (Lipinski definition) is 2. The second-order valence-corrected chi connectivity index (χ2v) is 7.12. The molecule has 1 unspecified atom stereocenters. The van der Waals surface area contributed by atoms with Crippen LogP contribution in [0.2, 0.25) is 0 Å². The van der Waals surface area contributed by atoms with Crippen molar-refractivity contribution >= 4 is 32.0 Å². The minimum absolute atomic E-state index is 0.133. The molecule has 0 fully saturated rings. The van der Waals surface area contributed by atoms with E-state index in [0.29, 0.717) is 0 Å². The SMILES string of the molecule is CNc1sc(S(=O)(=O)N(C)C(C)CO)cc1[N+](=O)[O-]. The highest BCUT2D eigenvalue weighted by Crippen LogP contribution is 2.37. The van der Waals surface area contributed by atoms with Gasteiger partial charge in [-0.2, -0.15) is 4.31 Å². The van der Waals surface area contributed by atoms with Crippen molar-refractivity contribution in [1.29, 1.82) is 0 Å². The third-order valence-corrected chi connectivity index (χ3v) is 6.19. The van der Waals surface area contributed by atoms with E-state index in [-0.39, 0.29) is 21.5 Å². The molecular weight excluding hydrogens is 294 g/mol. The van der Waals surface area contributed by atoms with E-state index >= 15 is 0 Å². The fourth-order valence-corrected chi connectivity index (χ4v) is 4.12. The standard InChI is InChI=1S/C9H15N3O5S2/c1-6(5-13)11(3)19(16,17)8-4-7(12(14)15)9(10-2)18-8/h4,6,10,13H,5H2,1-3H3. The molecule has 0 aromatic carbocycles. The van der Waals surface area contributed by atoms with Gasteiger partial charge in [0.15, 0.2) is 5.00 Å². The van der Waals surface area contributed by atoms with Gasteiger partial charge in [-0.25, -0.2) is 8.42 Å². The fourth-order valence-electron chi connectivity index (χ4n) is 1.30. The first kappa shape index (κ1) is 15.8. The number of aliphatic hydroxyl groups is 1. The molecule has 0 aliphatic heterocycles. The molecule has 0 spiro atoms. The summed E-state index contributed by atoms with van der Waals surface area (Å²) in [6.07, 6.45) is 0. The molecule has 0 saturated carbocycles. The van der Waals surface area contributed by atoms with Gasteiger partial charge in [0.1, 0.15) is 4.21 Å². The number of thiophene rings is 1. The molecular formula is C9H15N3O5S2. The van der Waals surface area contributed by atoms with Crippen LogP contribution in [0.3, 0.4) is 0 Å². The third kappa shape index (κ3) is 3.03. The van der Waals surface area contributed by atoms with E-state index in [1.807, 2.05) is 0 Å². The van der Waals surface area contributed by atoms with Gasteiger partial charge in [-0.3, -0.25) is 10.1 Å². The largest absolute Gasteiger partial charge is 0.395 e. The zero-order chi connectivity index (χ0) is 14.8. The maximum absolute atomic E-state index is 12.2. The minimum atomic E-state index is -3.85. The van der Waals surface area contributed by atoms with E-state index < -0.39 is 21.0 Å². The molecule has 1 aromatic rings. The lowest BCUT2D eigenvalue weighted by Crippen LogP contribution is -2.36. The number of sulfonamides is 1. The second-order valence-electron chi connectivity index (χ2n) is 3.84. The highest BCUT2D eigenvalue weighted by molar-refractivity contribution is 7.91. The number of hydrogen-bond acceptors (Lipinski definition) is 7. The molecule has 8 nitrogen and oxygen atoms in total. The van der Waals surface area contributed by atoms with Gasteiger partial charge in [0.05, 0.1) is 11.5 Å². The van der Waals surface area contributed by atoms with Crippen molar-refractivity contribution in [2.24, 2.45) is 0 Å². The molecule has 108 valence electrons. The topological polar surface area (TPSA) is 113 Å². The number of aliphatic hydroxyl groups excluding tert-OH is 1. The summed E-state index contributed by atoms with van der Waals surface area (Å²) in [5, 5.41) is 22.6. The van der Waals surface area contributed by atoms with Crippen LogP contribution in [0.1, 0.15) is 6.92 Å². The van der Waals surface area contributed by atoms with Crippen molar-refractivity contribution in [3.8, 4) is 0 Å². The molecule has 1 heterocycles. The third-order valence-electron chi connectivity index (χ3n) is 2.63. The highest BCUT2D eigenvalue weighted by atomic mass is 32.2. The van der Waals surface area contributed by atoms with Gasteiger partial charge in [0.25, 0.3) is 10.0 Å². The molecule has 0 radical (unpaired) electrons. The summed E-state index contributed by atoms with van der Waals surface area (Å²) >= 11 is 0.787. The van der Waals surface area contributed by atoms with Gasteiger partial charge >= 0.3 is 5.69 Å². The van der Waals surface area contributed by atoms with Gasteiger partial charge in [0.2, 0.25) is 0 Å². The van der Waals surface area contributed by atoms with E-state index in [1.54, 1.807) is 6.92 Å². The van der Waals surface area contributed by atoms with Crippen LogP contribution in [0.4, 0.5) is 10.7 Å². The quantitative estimate of drug-likeness (QED) is 0.591. The first-order chi connectivity index (χ1) is 8.75. The van der Waals surface area contributed by atoms with Crippen molar-refractivity contribution in [2.45, 2.75) is 17.2 Å². The first-order valence-corrected chi connectivity index (χ1v) is 7.56. The number of nitrogens with one attached hydrogen (secondary N) is 1. The Morgan fingerprint density at radius 2 is 2.21 bits per heavy atom. The summed E-state index contributed by atoms with van der Waals surface area (Å²) < 4.78 is 25.3. The molecule has 0 aliphatic carbocycles. The summed E-state index contributed by atoms with van der Waals surface area (Å²) in [5.74, 6) is 0. The Bertz CT molecular complexity index is 568. The summed E-state index contributed by atoms with van der Waals surface area (Å²) in [5.41, 5.74) is -0.281. The first-order valence-electron chi connectivity index (χ1n) is 5.30. The Morgan fingerprint density at radius 1 is 1.63 bits per heavy atom. The number of anilines is 1. The van der Waals surface area contributed by atoms with E-state index in [4.69, 9.17) is 5.11 Å². The van der Waals surface area contributed by atoms with Crippen molar-refractivity contribution in [3.63, 3.8) is 0 Å². The minimum Gasteiger partial charge on any atom is -0.395 e. The van der Waals surface area contributed by atoms with Crippen LogP contribution in [0.5, 0.6) is 0 Å². The Labute approximate surface area is 114 Å². The Hall–Kier alpha value is -1.23.